The van der Waals surface area contributed by atoms with E-state index >= 15 is 0 Å². The molecule has 10 amide bonds. The highest BCUT2D eigenvalue weighted by Crippen LogP contribution is 2.69. The number of allylic oxidation sites excluding steroid dienone is 1. The van der Waals surface area contributed by atoms with E-state index in [1.807, 2.05) is 26.0 Å². The van der Waals surface area contributed by atoms with Gasteiger partial charge in [-0.1, -0.05) is 84.4 Å². The van der Waals surface area contributed by atoms with Gasteiger partial charge in [0, 0.05) is 93.1 Å². The van der Waals surface area contributed by atoms with Crippen LogP contribution in [0.1, 0.15) is 182 Å². The summed E-state index contributed by atoms with van der Waals surface area (Å²) in [5.74, 6) is -5.73. The maximum atomic E-state index is 14.7. The molecule has 0 unspecified atom stereocenters. The molecule has 32 nitrogen and oxygen atoms in total. The predicted molar refractivity (Wildman–Crippen MR) is 427 cm³/mol. The van der Waals surface area contributed by atoms with Gasteiger partial charge in [-0.05, 0) is 174 Å². The number of nitrogens with zero attached hydrogens (tertiary/aromatic N) is 3. The first-order valence-corrected chi connectivity index (χ1v) is 40.5. The van der Waals surface area contributed by atoms with Gasteiger partial charge < -0.3 is 89.1 Å². The lowest BCUT2D eigenvalue weighted by molar-refractivity contribution is -0.187. The average Bonchev–Trinajstić information content (AvgIpc) is 1.63. The number of benzene rings is 2. The molecule has 16 atom stereocenters. The molecule has 626 valence electrons. The topological polar surface area (TPSA) is 492 Å². The zero-order valence-electron chi connectivity index (χ0n) is 67.8. The van der Waals surface area contributed by atoms with Gasteiger partial charge in [0.25, 0.3) is 0 Å². The van der Waals surface area contributed by atoms with Crippen molar-refractivity contribution in [3.05, 3.63) is 95.7 Å². The summed E-state index contributed by atoms with van der Waals surface area (Å²) in [6, 6.07) is 1.58. The van der Waals surface area contributed by atoms with E-state index in [0.29, 0.717) is 78.1 Å². The molecule has 2 saturated heterocycles. The van der Waals surface area contributed by atoms with E-state index in [-0.39, 0.29) is 135 Å². The largest absolute Gasteiger partial charge is 0.508 e. The number of rotatable bonds is 34. The Labute approximate surface area is 670 Å². The van der Waals surface area contributed by atoms with E-state index in [9.17, 15) is 72.5 Å². The van der Waals surface area contributed by atoms with E-state index in [2.05, 4.69) is 88.6 Å². The summed E-state index contributed by atoms with van der Waals surface area (Å²) in [6.07, 6.45) is 14.0. The highest BCUT2D eigenvalue weighted by molar-refractivity contribution is 6.00. The molecule has 10 rings (SSSR count). The number of ketones is 2. The molecule has 2 aliphatic heterocycles. The number of aliphatic hydroxyl groups is 1. The molecule has 6 aliphatic rings. The number of aromatic nitrogens is 3. The second-order valence-corrected chi connectivity index (χ2v) is 33.2. The first-order chi connectivity index (χ1) is 54.6. The molecule has 0 radical (unpaired) electrons. The minimum absolute atomic E-state index is 0.00469. The summed E-state index contributed by atoms with van der Waals surface area (Å²) in [5, 5.41) is 45.9. The number of imidazole rings is 1. The summed E-state index contributed by atoms with van der Waals surface area (Å²) in [5.41, 5.74) is 13.5. The fourth-order valence-electron chi connectivity index (χ4n) is 18.6. The van der Waals surface area contributed by atoms with Crippen LogP contribution in [0.4, 0.5) is 0 Å². The third kappa shape index (κ3) is 21.7. The maximum Gasteiger partial charge on any atom is 0.303 e. The quantitative estimate of drug-likeness (QED) is 0.0138. The van der Waals surface area contributed by atoms with E-state index in [1.54, 1.807) is 52.1 Å². The van der Waals surface area contributed by atoms with Crippen molar-refractivity contribution in [1.82, 2.24) is 67.7 Å². The number of ether oxygens (including phenoxy) is 1. The number of carbonyl (C=O) groups is 13. The number of carbonyl (C=O) groups excluding carboxylic acids is 13. The molecular formula is C83H118N16O16. The number of likely N-dealkylation sites (N-methyl/N-ethyl adjacent to an activating group) is 1. The van der Waals surface area contributed by atoms with Gasteiger partial charge in [-0.15, -0.1) is 0 Å². The second kappa shape index (κ2) is 39.2. The zero-order valence-corrected chi connectivity index (χ0v) is 67.8. The number of fused-ring (bicyclic) bond motifs is 6. The Hall–Kier alpha value is -10.5. The van der Waals surface area contributed by atoms with E-state index in [1.165, 1.54) is 54.2 Å². The highest BCUT2D eigenvalue weighted by atomic mass is 16.6. The molecule has 115 heavy (non-hydrogen) atoms. The number of phenols is 1. The van der Waals surface area contributed by atoms with Crippen LogP contribution in [-0.4, -0.2) is 199 Å². The second-order valence-electron chi connectivity index (χ2n) is 33.2. The minimum Gasteiger partial charge on any atom is -0.508 e. The predicted octanol–water partition coefficient (Wildman–Crippen LogP) is 3.22. The number of hydrogen-bond donors (Lipinski definition) is 15. The third-order valence-corrected chi connectivity index (χ3v) is 24.2. The normalized spacial score (nSPS) is 24.5. The van der Waals surface area contributed by atoms with Crippen LogP contribution in [0, 0.1) is 46.3 Å². The maximum absolute atomic E-state index is 14.7. The number of nitrogens with two attached hydrogens (primary N) is 2. The number of phenolic OH excluding ortho intramolecular Hbond substituents is 1. The number of amides is 10. The Morgan fingerprint density at radius 2 is 1.30 bits per heavy atom. The Morgan fingerprint density at radius 1 is 0.696 bits per heavy atom. The van der Waals surface area contributed by atoms with Gasteiger partial charge in [-0.3, -0.25) is 67.3 Å². The Morgan fingerprint density at radius 3 is 1.89 bits per heavy atom. The molecule has 2 aromatic heterocycles. The molecule has 4 aliphatic carbocycles. The van der Waals surface area contributed by atoms with E-state index < -0.39 is 114 Å². The van der Waals surface area contributed by atoms with Crippen molar-refractivity contribution in [2.45, 2.75) is 245 Å². The number of Topliss-reactive ketones (excluding diaryl/α,β-unsaturated/α-hetero) is 1. The fraction of sp³-hybridized carbons (Fsp3) is 0.602. The Balaban J connectivity index is 0.000000448. The molecule has 4 heterocycles. The lowest BCUT2D eigenvalue weighted by Gasteiger charge is -2.60. The van der Waals surface area contributed by atoms with Crippen LogP contribution in [0.5, 0.6) is 5.75 Å². The number of esters is 1. The molecule has 0 bridgehead atoms. The van der Waals surface area contributed by atoms with Gasteiger partial charge in [0.15, 0.2) is 23.1 Å². The van der Waals surface area contributed by atoms with Crippen molar-refractivity contribution >= 4 is 93.5 Å². The average molecular weight is 1600 g/mol. The van der Waals surface area contributed by atoms with Gasteiger partial charge in [0.2, 0.25) is 59.1 Å². The minimum atomic E-state index is -1.75. The van der Waals surface area contributed by atoms with Crippen LogP contribution in [0.3, 0.4) is 0 Å². The van der Waals surface area contributed by atoms with Gasteiger partial charge >= 0.3 is 5.97 Å². The third-order valence-electron chi connectivity index (χ3n) is 24.2. The monoisotopic (exact) mass is 1590 g/mol. The summed E-state index contributed by atoms with van der Waals surface area (Å²) >= 11 is 0. The summed E-state index contributed by atoms with van der Waals surface area (Å²) in [4.78, 5) is 192. The standard InChI is InChI=1S/C59H84N16O12.C24H34O4/c1-6-63-57(86)48-14-10-22-75(48)58(87)41(13-9-21-64-59(60)61)68-51(80)42(23-32(2)3)69-52(81)43(24-33(4)5)70-53(82)44(25-34-15-17-37(77)18-16-34)71-56(85)47(30-76)74-54(83)45(26-35-28-65-39-12-8-7-11-38(35)39)72-55(84)46(27-36-29-62-31-66-36)73-50(79)40-19-20-49(78)67-40;1-14-12-18-19(22(4)9-6-17(27)13-21(14)22)7-10-23(5)20(18)8-11-24(23,15(2)25)28-16(3)26/h7-8,11-12,15-18,28-29,31-33,40-48,65,76-77H,6,9-10,13-14,19-27,30H2,1-5H3,(H,62,66)(H,63,86)(H,67,78)(H,68,80)(H,69,81)(H,70,82)(H,71,85)(H,72,84)(H,73,79)(H,74,83)(H4,60,61,64);13-14,18-20H,6-12H2,1-5H3/t40-,41-,42-,43+,44-,45-,46-,47-,48-;14-,18+,19-,20-,22+,23-,24-/m00/s1. The van der Waals surface area contributed by atoms with Crippen molar-refractivity contribution in [3.63, 3.8) is 0 Å². The van der Waals surface area contributed by atoms with Crippen LogP contribution in [0.2, 0.25) is 0 Å². The number of H-pyrrole nitrogens is 2. The van der Waals surface area contributed by atoms with Crippen LogP contribution >= 0.6 is 0 Å². The van der Waals surface area contributed by atoms with Crippen molar-refractivity contribution in [1.29, 1.82) is 0 Å². The van der Waals surface area contributed by atoms with Gasteiger partial charge in [-0.2, -0.15) is 0 Å². The van der Waals surface area contributed by atoms with E-state index in [0.717, 1.165) is 37.6 Å². The highest BCUT2D eigenvalue weighted by Gasteiger charge is 2.68. The lowest BCUT2D eigenvalue weighted by Crippen LogP contribution is -2.61. The van der Waals surface area contributed by atoms with Gasteiger partial charge in [-0.25, -0.2) is 4.98 Å². The number of aromatic hydroxyl groups is 1. The lowest BCUT2D eigenvalue weighted by atomic mass is 9.44. The number of likely N-dealkylation sites (tertiary alicyclic amines) is 1. The van der Waals surface area contributed by atoms with Crippen LogP contribution < -0.4 is 59.3 Å². The Bertz CT molecular complexity index is 4250. The molecular weight excluding hydrogens is 1480 g/mol. The molecule has 2 aromatic carbocycles. The summed E-state index contributed by atoms with van der Waals surface area (Å²) in [6.45, 7) is 18.7. The number of nitrogens with one attached hydrogen (secondary N) is 11. The van der Waals surface area contributed by atoms with Crippen molar-refractivity contribution < 1.29 is 77.3 Å². The molecule has 3 saturated carbocycles. The number of aliphatic imine (C=N–C) groups is 1. The molecule has 4 aromatic rings. The number of para-hydroxylation sites is 1. The SMILES string of the molecule is CC(=O)O[C@]1(C(C)=O)CC[C@H]2[C@@H]3C[C@H](C)C4=CC(=O)CC[C@]4(C)[C@H]3CC[C@@]21C.CCNC(=O)[C@@H]1CCCN1C(=O)[C@H](CCCN=C(N)N)NC(=O)[C@H](CC(C)C)NC(=O)[C@@H](CC(C)C)NC(=O)[C@H](Cc1ccc(O)cc1)NC(=O)[C@H](CO)NC(=O)[C@H](Cc1c[nH]c2ccccc12)NC(=O)[C@H](Cc1cnc[nH]1)NC(=O)[C@@H]1CCC(=O)N1. The first-order valence-electron chi connectivity index (χ1n) is 40.5. The molecule has 0 spiro atoms. The summed E-state index contributed by atoms with van der Waals surface area (Å²) < 4.78 is 5.84. The molecule has 5 fully saturated rings. The fourth-order valence-corrected chi connectivity index (χ4v) is 18.6. The van der Waals surface area contributed by atoms with Crippen LogP contribution in [0.15, 0.2) is 83.9 Å². The number of guanidine groups is 1. The zero-order chi connectivity index (χ0) is 83.8. The van der Waals surface area contributed by atoms with E-state index in [4.69, 9.17) is 16.2 Å². The van der Waals surface area contributed by atoms with Crippen LogP contribution in [0.25, 0.3) is 10.9 Å². The van der Waals surface area contributed by atoms with Crippen molar-refractivity contribution in [3.8, 4) is 5.75 Å². The number of aliphatic hydroxyl groups excluding tert-OH is 1. The molecule has 32 heteroatoms. The number of aromatic amines is 2. The molecule has 17 N–H and O–H groups in total. The van der Waals surface area contributed by atoms with Crippen LogP contribution in [-0.2, 0) is 86.3 Å². The number of hydrogen-bond acceptors (Lipinski definition) is 18. The van der Waals surface area contributed by atoms with Crippen molar-refractivity contribution in [2.24, 2.45) is 62.8 Å². The van der Waals surface area contributed by atoms with Crippen molar-refractivity contribution in [2.75, 3.05) is 26.2 Å². The first kappa shape index (κ1) is 88.4. The van der Waals surface area contributed by atoms with Gasteiger partial charge in [0.1, 0.15) is 60.1 Å². The van der Waals surface area contributed by atoms with Gasteiger partial charge in [0.05, 0.1) is 12.9 Å². The summed E-state index contributed by atoms with van der Waals surface area (Å²) in [7, 11) is 0. The smallest absolute Gasteiger partial charge is 0.303 e. The Kier molecular flexibility index (Phi) is 30.1.